The van der Waals surface area contributed by atoms with Crippen LogP contribution in [0.4, 0.5) is 8.78 Å². The van der Waals surface area contributed by atoms with Gasteiger partial charge in [0.05, 0.1) is 56.7 Å². The average molecular weight is 1280 g/mol. The van der Waals surface area contributed by atoms with Crippen LogP contribution in [0.3, 0.4) is 0 Å². The third kappa shape index (κ3) is 18.2. The van der Waals surface area contributed by atoms with E-state index in [9.17, 15) is 18.4 Å². The number of ether oxygens (including phenoxy) is 2. The summed E-state index contributed by atoms with van der Waals surface area (Å²) in [4.78, 5) is 29.9. The number of aromatic nitrogens is 4. The van der Waals surface area contributed by atoms with E-state index in [-0.39, 0.29) is 24.4 Å². The van der Waals surface area contributed by atoms with Crippen molar-refractivity contribution in [3.63, 3.8) is 0 Å². The zero-order chi connectivity index (χ0) is 38.8. The number of nitrogens with zero attached hydrogens (tertiary/aromatic N) is 7. The van der Waals surface area contributed by atoms with Crippen LogP contribution in [-0.2, 0) is 38.4 Å². The molecule has 0 radical (unpaired) electrons. The second-order valence-corrected chi connectivity index (χ2v) is 25.9. The van der Waals surface area contributed by atoms with E-state index in [4.69, 9.17) is 20.5 Å². The molecule has 0 fully saturated rings. The Morgan fingerprint density at radius 2 is 1.38 bits per heavy atom. The quantitative estimate of drug-likeness (QED) is 0.106. The second-order valence-electron chi connectivity index (χ2n) is 9.65. The maximum absolute atomic E-state index is 14.3. The van der Waals surface area contributed by atoms with Crippen LogP contribution in [0.2, 0.25) is 0 Å². The average Bonchev–Trinajstić information content (AvgIpc) is 3.80. The van der Waals surface area contributed by atoms with Crippen molar-refractivity contribution in [3.8, 4) is 18.2 Å². The Morgan fingerprint density at radius 1 is 0.865 bits per heavy atom. The third-order valence-corrected chi connectivity index (χ3v) is 6.48. The first kappa shape index (κ1) is 51.9. The summed E-state index contributed by atoms with van der Waals surface area (Å²) in [5.74, 6) is -2.40. The number of nitriles is 3. The topological polar surface area (TPSA) is 160 Å². The van der Waals surface area contributed by atoms with Crippen molar-refractivity contribution in [1.29, 1.82) is 15.8 Å². The number of methoxy groups -OCH3 is 2. The summed E-state index contributed by atoms with van der Waals surface area (Å²) in [5, 5.41) is 25.1. The molecular formula is C34H37F2I5N7O4-. The van der Waals surface area contributed by atoms with E-state index in [0.717, 1.165) is 43.8 Å². The number of rotatable bonds is 9. The molecule has 0 aliphatic heterocycles. The molecule has 282 valence electrons. The van der Waals surface area contributed by atoms with Crippen molar-refractivity contribution in [2.24, 2.45) is 0 Å². The Kier molecular flexibility index (Phi) is 31.1. The van der Waals surface area contributed by atoms with Gasteiger partial charge in [0, 0.05) is 72.1 Å². The predicted octanol–water partition coefficient (Wildman–Crippen LogP) is 6.37. The number of imidazole rings is 2. The molecule has 0 N–H and O–H groups in total. The van der Waals surface area contributed by atoms with Crippen molar-refractivity contribution in [1.82, 2.24) is 19.1 Å². The summed E-state index contributed by atoms with van der Waals surface area (Å²) in [6, 6.07) is 12.7. The van der Waals surface area contributed by atoms with Gasteiger partial charge in [-0.2, -0.15) is 15.8 Å². The summed E-state index contributed by atoms with van der Waals surface area (Å²) in [6.07, 6.45) is 10.2. The van der Waals surface area contributed by atoms with Gasteiger partial charge < -0.3 is 18.6 Å². The molecule has 52 heavy (non-hydrogen) atoms. The van der Waals surface area contributed by atoms with Crippen molar-refractivity contribution in [2.45, 2.75) is 59.5 Å². The van der Waals surface area contributed by atoms with Crippen LogP contribution in [0.25, 0.3) is 0 Å². The summed E-state index contributed by atoms with van der Waals surface area (Å²) in [7, 11) is 2.42. The van der Waals surface area contributed by atoms with Gasteiger partial charge in [-0.1, -0.05) is 46.2 Å². The molecule has 0 saturated carbocycles. The molecule has 0 amide bonds. The fourth-order valence-corrected chi connectivity index (χ4v) is 4.26. The zero-order valence-electron chi connectivity index (χ0n) is 27.8. The SMILES string of the molecule is C.CCCc1cncn1C(C(=O)OC)c1ccc(C#N)cc1F.CCCc1cncn1Cc1ccc(C#N)cc1F.COC(=O)C#N.II.I[I-]I. The number of aryl methyl sites for hydroxylation is 2. The first-order valence-corrected chi connectivity index (χ1v) is 33.4. The minimum absolute atomic E-state index is 0. The molecule has 0 bridgehead atoms. The van der Waals surface area contributed by atoms with Gasteiger partial charge in [0.15, 0.2) is 12.1 Å². The molecule has 11 nitrogen and oxygen atoms in total. The molecule has 4 rings (SSSR count). The number of hydrogen-bond acceptors (Lipinski definition) is 9. The van der Waals surface area contributed by atoms with Gasteiger partial charge >= 0.3 is 62.4 Å². The molecule has 18 heteroatoms. The van der Waals surface area contributed by atoms with Crippen molar-refractivity contribution in [2.75, 3.05) is 14.2 Å². The third-order valence-electron chi connectivity index (χ3n) is 6.48. The van der Waals surface area contributed by atoms with E-state index >= 15 is 0 Å². The van der Waals surface area contributed by atoms with Crippen LogP contribution < -0.4 is 13.3 Å². The molecular weight excluding hydrogens is 1240 g/mol. The molecule has 4 aromatic rings. The Hall–Kier alpha value is -2.22. The number of esters is 2. The first-order valence-electron chi connectivity index (χ1n) is 14.5. The molecule has 2 aromatic heterocycles. The van der Waals surface area contributed by atoms with Gasteiger partial charge in [-0.05, 0) is 37.1 Å². The summed E-state index contributed by atoms with van der Waals surface area (Å²) >= 11 is 9.54. The fraction of sp³-hybridized carbons (Fsp3) is 0.324. The molecule has 1 unspecified atom stereocenters. The van der Waals surface area contributed by atoms with Crippen LogP contribution >= 0.6 is 74.5 Å². The van der Waals surface area contributed by atoms with Gasteiger partial charge in [0.2, 0.25) is 0 Å². The van der Waals surface area contributed by atoms with Gasteiger partial charge in [-0.15, -0.1) is 0 Å². The monoisotopic (exact) mass is 1280 g/mol. The zero-order valence-corrected chi connectivity index (χ0v) is 38.6. The molecule has 0 aliphatic carbocycles. The Bertz CT molecular complexity index is 1790. The van der Waals surface area contributed by atoms with E-state index in [1.165, 1.54) is 37.7 Å². The maximum atomic E-state index is 14.3. The van der Waals surface area contributed by atoms with Crippen molar-refractivity contribution < 1.29 is 41.1 Å². The van der Waals surface area contributed by atoms with Crippen LogP contribution in [0.15, 0.2) is 61.4 Å². The summed E-state index contributed by atoms with van der Waals surface area (Å²) in [5.41, 5.74) is 3.19. The second kappa shape index (κ2) is 31.2. The fourth-order valence-electron chi connectivity index (χ4n) is 4.26. The van der Waals surface area contributed by atoms with Gasteiger partial charge in [-0.25, -0.2) is 28.3 Å². The van der Waals surface area contributed by atoms with E-state index < -0.39 is 23.8 Å². The standard InChI is InChI=1S/C16H16FN3O2.C14H14FN3.C3H3NO2.CH4.I3.I2/c1-3-4-12-9-19-10-20(12)15(16(21)22-2)13-6-5-11(8-18)7-14(13)17;1-2-3-13-8-17-10-18(13)9-12-5-4-11(7-16)6-14(12)15;1-6-3(5)2-4;;1-3-2;1-2/h5-7,9-10,15H,3-4H2,1-2H3;4-6,8,10H,2-3,9H2,1H3;1H3;1H4;;/q;;;;-1;. The van der Waals surface area contributed by atoms with Crippen LogP contribution in [-0.4, -0.2) is 45.3 Å². The molecule has 0 aliphatic rings. The number of carbonyl (C=O) groups is 2. The van der Waals surface area contributed by atoms with Gasteiger partial charge in [-0.3, -0.25) is 0 Å². The van der Waals surface area contributed by atoms with Crippen molar-refractivity contribution >= 4 is 86.4 Å². The van der Waals surface area contributed by atoms with E-state index in [0.29, 0.717) is 37.3 Å². The number of carbonyl (C=O) groups excluding carboxylic acids is 2. The van der Waals surface area contributed by atoms with Crippen molar-refractivity contribution in [3.05, 3.63) is 107 Å². The van der Waals surface area contributed by atoms with E-state index in [1.54, 1.807) is 29.2 Å². The number of benzene rings is 2. The first-order chi connectivity index (χ1) is 24.6. The number of halogens is 7. The normalized spacial score (nSPS) is 9.75. The Labute approximate surface area is 356 Å². The van der Waals surface area contributed by atoms with E-state index in [1.807, 2.05) is 29.8 Å². The Morgan fingerprint density at radius 3 is 1.85 bits per heavy atom. The van der Waals surface area contributed by atoms with Gasteiger partial charge in [0.1, 0.15) is 11.6 Å². The van der Waals surface area contributed by atoms with E-state index in [2.05, 4.69) is 96.1 Å². The summed E-state index contributed by atoms with van der Waals surface area (Å²) in [6.45, 7) is 4.55. The van der Waals surface area contributed by atoms with Crippen LogP contribution in [0.1, 0.15) is 73.8 Å². The molecule has 2 heterocycles. The molecule has 2 aromatic carbocycles. The minimum atomic E-state index is -0.957. The van der Waals surface area contributed by atoms with Crippen LogP contribution in [0, 0.1) is 45.6 Å². The Balaban J connectivity index is 0. The molecule has 0 saturated heterocycles. The summed E-state index contributed by atoms with van der Waals surface area (Å²) < 4.78 is 40.3. The van der Waals surface area contributed by atoms with Gasteiger partial charge in [0.25, 0.3) is 0 Å². The molecule has 0 spiro atoms. The van der Waals surface area contributed by atoms with Crippen LogP contribution in [0.5, 0.6) is 0 Å². The number of hydrogen-bond donors (Lipinski definition) is 0. The molecule has 1 atom stereocenters. The predicted molar refractivity (Wildman–Crippen MR) is 224 cm³/mol.